The van der Waals surface area contributed by atoms with Crippen molar-refractivity contribution in [1.29, 1.82) is 0 Å². The van der Waals surface area contributed by atoms with Gasteiger partial charge in [0.2, 0.25) is 5.88 Å². The van der Waals surface area contributed by atoms with Crippen molar-refractivity contribution in [2.45, 2.75) is 13.8 Å². The van der Waals surface area contributed by atoms with Gasteiger partial charge < -0.3 is 15.2 Å². The summed E-state index contributed by atoms with van der Waals surface area (Å²) in [6.07, 6.45) is 1.62. The number of anilines is 1. The van der Waals surface area contributed by atoms with Crippen molar-refractivity contribution in [3.63, 3.8) is 0 Å². The van der Waals surface area contributed by atoms with Gasteiger partial charge in [-0.2, -0.15) is 0 Å². The number of nitrogens with one attached hydrogen (secondary N) is 1. The Kier molecular flexibility index (Phi) is 4.75. The minimum Gasteiger partial charge on any atom is -0.481 e. The van der Waals surface area contributed by atoms with Crippen molar-refractivity contribution in [3.05, 3.63) is 18.3 Å². The zero-order valence-electron chi connectivity index (χ0n) is 10.3. The second-order valence-electron chi connectivity index (χ2n) is 4.16. The molecule has 0 saturated carbocycles. The first-order chi connectivity index (χ1) is 8.04. The molecule has 2 N–H and O–H groups in total. The van der Waals surface area contributed by atoms with E-state index >= 15 is 0 Å². The Bertz CT molecular complexity index is 380. The van der Waals surface area contributed by atoms with Crippen LogP contribution in [0.25, 0.3) is 0 Å². The molecular weight excluding hydrogens is 220 g/mol. The smallest absolute Gasteiger partial charge is 0.308 e. The van der Waals surface area contributed by atoms with Gasteiger partial charge in [-0.15, -0.1) is 0 Å². The van der Waals surface area contributed by atoms with Crippen molar-refractivity contribution in [3.8, 4) is 5.88 Å². The van der Waals surface area contributed by atoms with E-state index in [0.717, 1.165) is 5.69 Å². The lowest BCUT2D eigenvalue weighted by atomic mass is 9.96. The minimum absolute atomic E-state index is 0.0868. The molecular formula is C12H18N2O3. The molecule has 0 radical (unpaired) electrons. The summed E-state index contributed by atoms with van der Waals surface area (Å²) in [5, 5.41) is 12.1. The Morgan fingerprint density at radius 3 is 2.82 bits per heavy atom. The van der Waals surface area contributed by atoms with Crippen LogP contribution >= 0.6 is 0 Å². The standard InChI is InChI=1S/C12H18N2O3/c1-8(2)10(12(15)16)7-14-9-4-5-13-11(6-9)17-3/h4-6,8,10H,7H2,1-3H3,(H,13,14)(H,15,16). The highest BCUT2D eigenvalue weighted by Crippen LogP contribution is 2.16. The fourth-order valence-corrected chi connectivity index (χ4v) is 1.47. The van der Waals surface area contributed by atoms with Crippen molar-refractivity contribution < 1.29 is 14.6 Å². The molecule has 1 aromatic heterocycles. The van der Waals surface area contributed by atoms with Gasteiger partial charge in [0.1, 0.15) is 0 Å². The summed E-state index contributed by atoms with van der Waals surface area (Å²) in [5.41, 5.74) is 0.809. The van der Waals surface area contributed by atoms with Crippen molar-refractivity contribution in [2.24, 2.45) is 11.8 Å². The van der Waals surface area contributed by atoms with Gasteiger partial charge in [-0.3, -0.25) is 4.79 Å². The number of carbonyl (C=O) groups is 1. The molecule has 0 amide bonds. The van der Waals surface area contributed by atoms with Gasteiger partial charge in [-0.1, -0.05) is 13.8 Å². The van der Waals surface area contributed by atoms with E-state index in [2.05, 4.69) is 10.3 Å². The average Bonchev–Trinajstić information content (AvgIpc) is 2.28. The molecule has 0 aliphatic heterocycles. The number of carboxylic acid groups (broad SMARTS) is 1. The van der Waals surface area contributed by atoms with Crippen LogP contribution in [0.2, 0.25) is 0 Å². The zero-order valence-corrected chi connectivity index (χ0v) is 10.3. The predicted molar refractivity (Wildman–Crippen MR) is 65.2 cm³/mol. The number of hydrogen-bond acceptors (Lipinski definition) is 4. The molecule has 0 aliphatic rings. The number of hydrogen-bond donors (Lipinski definition) is 2. The number of methoxy groups -OCH3 is 1. The number of pyridine rings is 1. The summed E-state index contributed by atoms with van der Waals surface area (Å²) >= 11 is 0. The van der Waals surface area contributed by atoms with E-state index in [0.29, 0.717) is 12.4 Å². The predicted octanol–water partition coefficient (Wildman–Crippen LogP) is 1.86. The third-order valence-corrected chi connectivity index (χ3v) is 2.59. The first-order valence-corrected chi connectivity index (χ1v) is 5.51. The summed E-state index contributed by atoms with van der Waals surface area (Å²) in [7, 11) is 1.54. The Hall–Kier alpha value is -1.78. The van der Waals surface area contributed by atoms with Crippen LogP contribution in [-0.4, -0.2) is 29.7 Å². The van der Waals surface area contributed by atoms with Gasteiger partial charge >= 0.3 is 5.97 Å². The molecule has 5 heteroatoms. The number of nitrogens with zero attached hydrogens (tertiary/aromatic N) is 1. The van der Waals surface area contributed by atoms with Crippen LogP contribution in [0, 0.1) is 11.8 Å². The Balaban J connectivity index is 2.62. The maximum absolute atomic E-state index is 11.0. The molecule has 94 valence electrons. The Labute approximate surface area is 101 Å². The van der Waals surface area contributed by atoms with Gasteiger partial charge in [0.15, 0.2) is 0 Å². The zero-order chi connectivity index (χ0) is 12.8. The third kappa shape index (κ3) is 3.94. The van der Waals surface area contributed by atoms with E-state index in [-0.39, 0.29) is 5.92 Å². The molecule has 5 nitrogen and oxygen atoms in total. The van der Waals surface area contributed by atoms with Gasteiger partial charge in [0.25, 0.3) is 0 Å². The molecule has 17 heavy (non-hydrogen) atoms. The van der Waals surface area contributed by atoms with E-state index in [9.17, 15) is 4.79 Å². The second kappa shape index (κ2) is 6.08. The summed E-state index contributed by atoms with van der Waals surface area (Å²) in [5.74, 6) is -0.599. The van der Waals surface area contributed by atoms with Crippen molar-refractivity contribution in [1.82, 2.24) is 4.98 Å². The fourth-order valence-electron chi connectivity index (χ4n) is 1.47. The molecule has 0 bridgehead atoms. The summed E-state index contributed by atoms with van der Waals surface area (Å²) in [6.45, 7) is 4.18. The van der Waals surface area contributed by atoms with Crippen LogP contribution in [0.4, 0.5) is 5.69 Å². The highest BCUT2D eigenvalue weighted by molar-refractivity contribution is 5.71. The molecule has 1 aromatic rings. The van der Waals surface area contributed by atoms with Gasteiger partial charge in [0.05, 0.1) is 13.0 Å². The molecule has 1 atom stereocenters. The van der Waals surface area contributed by atoms with Gasteiger partial charge in [-0.25, -0.2) is 4.98 Å². The SMILES string of the molecule is COc1cc(NCC(C(=O)O)C(C)C)ccn1. The van der Waals surface area contributed by atoms with Gasteiger partial charge in [0, 0.05) is 24.5 Å². The van der Waals surface area contributed by atoms with E-state index < -0.39 is 11.9 Å². The highest BCUT2D eigenvalue weighted by Gasteiger charge is 2.20. The molecule has 0 fully saturated rings. The number of rotatable bonds is 6. The van der Waals surface area contributed by atoms with E-state index in [1.54, 1.807) is 25.4 Å². The molecule has 0 spiro atoms. The lowest BCUT2D eigenvalue weighted by Gasteiger charge is -2.17. The first-order valence-electron chi connectivity index (χ1n) is 5.51. The number of carboxylic acids is 1. The molecule has 1 rings (SSSR count). The van der Waals surface area contributed by atoms with Crippen LogP contribution in [-0.2, 0) is 4.79 Å². The maximum atomic E-state index is 11.0. The van der Waals surface area contributed by atoms with Crippen LogP contribution in [0.3, 0.4) is 0 Å². The highest BCUT2D eigenvalue weighted by atomic mass is 16.5. The number of ether oxygens (including phenoxy) is 1. The van der Waals surface area contributed by atoms with Crippen LogP contribution in [0.15, 0.2) is 18.3 Å². The van der Waals surface area contributed by atoms with E-state index in [1.807, 2.05) is 13.8 Å². The monoisotopic (exact) mass is 238 g/mol. The van der Waals surface area contributed by atoms with E-state index in [1.165, 1.54) is 0 Å². The van der Waals surface area contributed by atoms with E-state index in [4.69, 9.17) is 9.84 Å². The molecule has 0 aromatic carbocycles. The van der Waals surface area contributed by atoms with Crippen LogP contribution in [0.1, 0.15) is 13.8 Å². The number of aliphatic carboxylic acids is 1. The lowest BCUT2D eigenvalue weighted by Crippen LogP contribution is -2.27. The largest absolute Gasteiger partial charge is 0.481 e. The summed E-state index contributed by atoms with van der Waals surface area (Å²) < 4.78 is 4.99. The molecule has 0 aliphatic carbocycles. The minimum atomic E-state index is -0.784. The average molecular weight is 238 g/mol. The topological polar surface area (TPSA) is 71.5 Å². The first kappa shape index (κ1) is 13.3. The second-order valence-corrected chi connectivity index (χ2v) is 4.16. The van der Waals surface area contributed by atoms with Crippen molar-refractivity contribution in [2.75, 3.05) is 19.0 Å². The number of aromatic nitrogens is 1. The normalized spacial score (nSPS) is 12.2. The maximum Gasteiger partial charge on any atom is 0.308 e. The Morgan fingerprint density at radius 1 is 1.59 bits per heavy atom. The molecule has 1 heterocycles. The molecule has 0 saturated heterocycles. The van der Waals surface area contributed by atoms with Crippen LogP contribution in [0.5, 0.6) is 5.88 Å². The Morgan fingerprint density at radius 2 is 2.29 bits per heavy atom. The quantitative estimate of drug-likeness (QED) is 0.791. The molecule has 1 unspecified atom stereocenters. The van der Waals surface area contributed by atoms with Gasteiger partial charge in [-0.05, 0) is 12.0 Å². The lowest BCUT2D eigenvalue weighted by molar-refractivity contribution is -0.142. The van der Waals surface area contributed by atoms with Crippen LogP contribution < -0.4 is 10.1 Å². The summed E-state index contributed by atoms with van der Waals surface area (Å²) in [4.78, 5) is 15.0. The fraction of sp³-hybridized carbons (Fsp3) is 0.500. The summed E-state index contributed by atoms with van der Waals surface area (Å²) in [6, 6.07) is 3.51. The van der Waals surface area contributed by atoms with Crippen molar-refractivity contribution >= 4 is 11.7 Å². The third-order valence-electron chi connectivity index (χ3n) is 2.59.